The highest BCUT2D eigenvalue weighted by molar-refractivity contribution is 5.68. The fourth-order valence-corrected chi connectivity index (χ4v) is 2.60. The molecular formula is C17H19NO3. The van der Waals surface area contributed by atoms with Crippen LogP contribution in [0.2, 0.25) is 0 Å². The molecule has 0 amide bonds. The molecule has 0 spiro atoms. The van der Waals surface area contributed by atoms with E-state index in [1.54, 1.807) is 6.07 Å². The van der Waals surface area contributed by atoms with Crippen LogP contribution < -0.4 is 0 Å². The van der Waals surface area contributed by atoms with Crippen LogP contribution in [-0.4, -0.2) is 41.4 Å². The lowest BCUT2D eigenvalue weighted by Gasteiger charge is -2.27. The maximum Gasteiger partial charge on any atom is 0.162 e. The number of rotatable bonds is 3. The van der Waals surface area contributed by atoms with E-state index in [1.165, 1.54) is 0 Å². The van der Waals surface area contributed by atoms with E-state index >= 15 is 0 Å². The van der Waals surface area contributed by atoms with Crippen molar-refractivity contribution < 1.29 is 14.9 Å². The maximum atomic E-state index is 10.1. The van der Waals surface area contributed by atoms with E-state index in [2.05, 4.69) is 4.90 Å². The average Bonchev–Trinajstić information content (AvgIpc) is 2.53. The van der Waals surface area contributed by atoms with Gasteiger partial charge in [-0.05, 0) is 23.3 Å². The number of nitrogens with zero attached hydrogens (tertiary/aromatic N) is 1. The van der Waals surface area contributed by atoms with Crippen molar-refractivity contribution in [2.24, 2.45) is 0 Å². The van der Waals surface area contributed by atoms with Crippen molar-refractivity contribution in [3.63, 3.8) is 0 Å². The van der Waals surface area contributed by atoms with Gasteiger partial charge in [-0.25, -0.2) is 0 Å². The van der Waals surface area contributed by atoms with Gasteiger partial charge in [-0.2, -0.15) is 0 Å². The van der Waals surface area contributed by atoms with E-state index in [9.17, 15) is 10.2 Å². The fraction of sp³-hybridized carbons (Fsp3) is 0.294. The summed E-state index contributed by atoms with van der Waals surface area (Å²) in [7, 11) is 0. The van der Waals surface area contributed by atoms with Crippen molar-refractivity contribution in [2.75, 3.05) is 26.3 Å². The Hall–Kier alpha value is -2.04. The lowest BCUT2D eigenvalue weighted by Crippen LogP contribution is -2.35. The predicted molar refractivity (Wildman–Crippen MR) is 81.3 cm³/mol. The number of morpholine rings is 1. The van der Waals surface area contributed by atoms with E-state index in [-0.39, 0.29) is 11.5 Å². The summed E-state index contributed by atoms with van der Waals surface area (Å²) in [6.45, 7) is 3.73. The molecule has 4 nitrogen and oxygen atoms in total. The molecule has 110 valence electrons. The number of ether oxygens (including phenoxy) is 1. The quantitative estimate of drug-likeness (QED) is 0.851. The third-order valence-electron chi connectivity index (χ3n) is 3.77. The molecule has 1 aliphatic rings. The molecule has 0 radical (unpaired) electrons. The third-order valence-corrected chi connectivity index (χ3v) is 3.77. The summed E-state index contributed by atoms with van der Waals surface area (Å²) >= 11 is 0. The molecule has 21 heavy (non-hydrogen) atoms. The number of aromatic hydroxyl groups is 2. The largest absolute Gasteiger partial charge is 0.504 e. The van der Waals surface area contributed by atoms with Crippen LogP contribution in [0.25, 0.3) is 11.1 Å². The lowest BCUT2D eigenvalue weighted by atomic mass is 10.0. The van der Waals surface area contributed by atoms with Crippen molar-refractivity contribution in [3.05, 3.63) is 48.0 Å². The zero-order valence-electron chi connectivity index (χ0n) is 11.8. The minimum atomic E-state index is -0.0698. The molecule has 2 aromatic rings. The average molecular weight is 285 g/mol. The Balaban J connectivity index is 1.90. The number of benzene rings is 2. The Labute approximate surface area is 124 Å². The topological polar surface area (TPSA) is 52.9 Å². The van der Waals surface area contributed by atoms with Gasteiger partial charge in [-0.1, -0.05) is 30.3 Å². The molecule has 0 atom stereocenters. The summed E-state index contributed by atoms with van der Waals surface area (Å²) < 4.78 is 5.33. The Morgan fingerprint density at radius 1 is 0.952 bits per heavy atom. The smallest absolute Gasteiger partial charge is 0.162 e. The zero-order chi connectivity index (χ0) is 14.7. The Morgan fingerprint density at radius 3 is 2.38 bits per heavy atom. The van der Waals surface area contributed by atoms with Gasteiger partial charge in [-0.3, -0.25) is 4.90 Å². The lowest BCUT2D eigenvalue weighted by molar-refractivity contribution is 0.0338. The third kappa shape index (κ3) is 3.17. The molecule has 2 N–H and O–H groups in total. The minimum absolute atomic E-state index is 0.0267. The van der Waals surface area contributed by atoms with Crippen molar-refractivity contribution >= 4 is 0 Å². The first-order valence-corrected chi connectivity index (χ1v) is 7.14. The summed E-state index contributed by atoms with van der Waals surface area (Å²) in [5.74, 6) is -0.0965. The van der Waals surface area contributed by atoms with Crippen molar-refractivity contribution in [3.8, 4) is 22.6 Å². The van der Waals surface area contributed by atoms with Gasteiger partial charge >= 0.3 is 0 Å². The van der Waals surface area contributed by atoms with E-state index in [0.717, 1.165) is 29.8 Å². The second-order valence-corrected chi connectivity index (χ2v) is 5.26. The zero-order valence-corrected chi connectivity index (χ0v) is 11.8. The monoisotopic (exact) mass is 285 g/mol. The Morgan fingerprint density at radius 2 is 1.67 bits per heavy atom. The Kier molecular flexibility index (Phi) is 4.08. The molecule has 2 aromatic carbocycles. The van der Waals surface area contributed by atoms with Gasteiger partial charge in [0.15, 0.2) is 11.5 Å². The van der Waals surface area contributed by atoms with Gasteiger partial charge in [0.1, 0.15) is 0 Å². The SMILES string of the molecule is Oc1cc(-c2ccccc2)cc(CN2CCOCC2)c1O. The first kappa shape index (κ1) is 13.9. The van der Waals surface area contributed by atoms with Crippen LogP contribution in [0.3, 0.4) is 0 Å². The van der Waals surface area contributed by atoms with Gasteiger partial charge in [-0.15, -0.1) is 0 Å². The van der Waals surface area contributed by atoms with Gasteiger partial charge in [0.25, 0.3) is 0 Å². The first-order valence-electron chi connectivity index (χ1n) is 7.14. The maximum absolute atomic E-state index is 10.1. The molecule has 1 heterocycles. The van der Waals surface area contributed by atoms with Crippen LogP contribution in [0.5, 0.6) is 11.5 Å². The molecule has 0 aromatic heterocycles. The van der Waals surface area contributed by atoms with E-state index in [4.69, 9.17) is 4.74 Å². The van der Waals surface area contributed by atoms with E-state index in [1.807, 2.05) is 36.4 Å². The minimum Gasteiger partial charge on any atom is -0.504 e. The fourth-order valence-electron chi connectivity index (χ4n) is 2.60. The highest BCUT2D eigenvalue weighted by Gasteiger charge is 2.16. The van der Waals surface area contributed by atoms with Gasteiger partial charge in [0.05, 0.1) is 13.2 Å². The molecule has 3 rings (SSSR count). The standard InChI is InChI=1S/C17H19NO3/c19-16-11-14(13-4-2-1-3-5-13)10-15(17(16)20)12-18-6-8-21-9-7-18/h1-5,10-11,19-20H,6-9,12H2. The van der Waals surface area contributed by atoms with Crippen LogP contribution in [0, 0.1) is 0 Å². The number of phenolic OH excluding ortho intramolecular Hbond substituents is 2. The van der Waals surface area contributed by atoms with E-state index in [0.29, 0.717) is 19.8 Å². The van der Waals surface area contributed by atoms with Gasteiger partial charge < -0.3 is 14.9 Å². The highest BCUT2D eigenvalue weighted by Crippen LogP contribution is 2.35. The number of hydrogen-bond donors (Lipinski definition) is 2. The van der Waals surface area contributed by atoms with Crippen molar-refractivity contribution in [1.82, 2.24) is 4.90 Å². The van der Waals surface area contributed by atoms with Crippen LogP contribution >= 0.6 is 0 Å². The van der Waals surface area contributed by atoms with Crippen molar-refractivity contribution in [1.29, 1.82) is 0 Å². The van der Waals surface area contributed by atoms with Crippen LogP contribution in [-0.2, 0) is 11.3 Å². The molecule has 1 fully saturated rings. The summed E-state index contributed by atoms with van der Waals surface area (Å²) in [5, 5.41) is 20.1. The first-order chi connectivity index (χ1) is 10.2. The molecule has 4 heteroatoms. The molecule has 0 bridgehead atoms. The predicted octanol–water partition coefficient (Wildman–Crippen LogP) is 2.60. The second-order valence-electron chi connectivity index (χ2n) is 5.26. The normalized spacial score (nSPS) is 16.0. The second kappa shape index (κ2) is 6.16. The molecular weight excluding hydrogens is 266 g/mol. The van der Waals surface area contributed by atoms with Gasteiger partial charge in [0, 0.05) is 25.2 Å². The summed E-state index contributed by atoms with van der Waals surface area (Å²) in [6, 6.07) is 13.4. The summed E-state index contributed by atoms with van der Waals surface area (Å²) in [4.78, 5) is 2.22. The van der Waals surface area contributed by atoms with E-state index < -0.39 is 0 Å². The number of hydrogen-bond acceptors (Lipinski definition) is 4. The van der Waals surface area contributed by atoms with Crippen molar-refractivity contribution in [2.45, 2.75) is 6.54 Å². The Bertz CT molecular complexity index is 607. The molecule has 0 aliphatic carbocycles. The van der Waals surface area contributed by atoms with Gasteiger partial charge in [0.2, 0.25) is 0 Å². The molecule has 1 aliphatic heterocycles. The molecule has 0 unspecified atom stereocenters. The van der Waals surface area contributed by atoms with Crippen LogP contribution in [0.4, 0.5) is 0 Å². The number of phenols is 2. The molecule has 1 saturated heterocycles. The highest BCUT2D eigenvalue weighted by atomic mass is 16.5. The van der Waals surface area contributed by atoms with Crippen LogP contribution in [0.1, 0.15) is 5.56 Å². The van der Waals surface area contributed by atoms with Crippen LogP contribution in [0.15, 0.2) is 42.5 Å². The summed E-state index contributed by atoms with van der Waals surface area (Å²) in [6.07, 6.45) is 0. The molecule has 0 saturated carbocycles. The summed E-state index contributed by atoms with van der Waals surface area (Å²) in [5.41, 5.74) is 2.68.